The van der Waals surface area contributed by atoms with E-state index in [2.05, 4.69) is 30.1 Å². The highest BCUT2D eigenvalue weighted by atomic mass is 19.1. The first-order chi connectivity index (χ1) is 12.0. The molecule has 8 nitrogen and oxygen atoms in total. The Hall–Kier alpha value is -1.87. The van der Waals surface area contributed by atoms with Crippen LogP contribution < -0.4 is 0 Å². The molecule has 0 saturated carbocycles. The third-order valence-electron chi connectivity index (χ3n) is 4.71. The maximum absolute atomic E-state index is 14.0. The number of hydrogen-bond acceptors (Lipinski definition) is 8. The van der Waals surface area contributed by atoms with E-state index in [1.54, 1.807) is 6.92 Å². The quantitative estimate of drug-likeness (QED) is 0.747. The molecule has 0 radical (unpaired) electrons. The molecular weight excluding hydrogens is 327 g/mol. The molecule has 25 heavy (non-hydrogen) atoms. The highest BCUT2D eigenvalue weighted by Gasteiger charge is 2.34. The number of likely N-dealkylation sites (tertiary alicyclic amines) is 1. The van der Waals surface area contributed by atoms with Crippen LogP contribution in [-0.4, -0.2) is 62.4 Å². The van der Waals surface area contributed by atoms with E-state index in [0.29, 0.717) is 49.5 Å². The van der Waals surface area contributed by atoms with Gasteiger partial charge in [0.25, 0.3) is 0 Å². The first-order valence-corrected chi connectivity index (χ1v) is 8.66. The van der Waals surface area contributed by atoms with Gasteiger partial charge in [0.15, 0.2) is 11.6 Å². The summed E-state index contributed by atoms with van der Waals surface area (Å²) in [6, 6.07) is 0.0514. The monoisotopic (exact) mass is 352 g/mol. The number of aryl methyl sites for hydroxylation is 2. The van der Waals surface area contributed by atoms with Crippen molar-refractivity contribution in [3.05, 3.63) is 23.4 Å². The summed E-state index contributed by atoms with van der Waals surface area (Å²) in [5, 5.41) is 7.86. The Kier molecular flexibility index (Phi) is 5.43. The Morgan fingerprint density at radius 2 is 2.04 bits per heavy atom. The predicted molar refractivity (Wildman–Crippen MR) is 87.5 cm³/mol. The average Bonchev–Trinajstić information content (AvgIpc) is 3.28. The van der Waals surface area contributed by atoms with E-state index in [1.165, 1.54) is 0 Å². The van der Waals surface area contributed by atoms with E-state index in [4.69, 9.17) is 9.05 Å². The molecule has 0 aromatic carbocycles. The number of nitrogens with zero attached hydrogens (tertiary/aromatic N) is 6. The van der Waals surface area contributed by atoms with E-state index >= 15 is 0 Å². The number of halogens is 1. The van der Waals surface area contributed by atoms with Crippen LogP contribution in [0.4, 0.5) is 4.39 Å². The second kappa shape index (κ2) is 7.57. The predicted octanol–water partition coefficient (Wildman–Crippen LogP) is 1.93. The van der Waals surface area contributed by atoms with Crippen molar-refractivity contribution < 1.29 is 13.4 Å². The Morgan fingerprint density at radius 3 is 2.68 bits per heavy atom. The lowest BCUT2D eigenvalue weighted by Gasteiger charge is -2.29. The van der Waals surface area contributed by atoms with Crippen molar-refractivity contribution in [1.29, 1.82) is 0 Å². The third kappa shape index (κ3) is 4.21. The summed E-state index contributed by atoms with van der Waals surface area (Å²) in [5.41, 5.74) is 0. The number of hydrogen-bond donors (Lipinski definition) is 0. The molecule has 1 aliphatic heterocycles. The minimum atomic E-state index is -0.836. The minimum Gasteiger partial charge on any atom is -0.340 e. The van der Waals surface area contributed by atoms with Gasteiger partial charge in [0.2, 0.25) is 11.8 Å². The molecule has 3 atom stereocenters. The number of rotatable bonds is 7. The largest absolute Gasteiger partial charge is 0.340 e. The fourth-order valence-corrected chi connectivity index (χ4v) is 3.15. The second-order valence-electron chi connectivity index (χ2n) is 6.66. The summed E-state index contributed by atoms with van der Waals surface area (Å²) in [7, 11) is 1.99. The van der Waals surface area contributed by atoms with Gasteiger partial charge < -0.3 is 9.05 Å². The molecule has 0 unspecified atom stereocenters. The lowest BCUT2D eigenvalue weighted by atomic mass is 10.1. The maximum atomic E-state index is 14.0. The van der Waals surface area contributed by atoms with Gasteiger partial charge in [-0.05, 0) is 20.4 Å². The maximum Gasteiger partial charge on any atom is 0.243 e. The molecule has 0 aliphatic carbocycles. The zero-order chi connectivity index (χ0) is 18.0. The van der Waals surface area contributed by atoms with Crippen LogP contribution in [-0.2, 0) is 13.0 Å². The topological polar surface area (TPSA) is 84.3 Å². The molecular formula is C16H25FN6O2. The molecule has 0 amide bonds. The third-order valence-corrected chi connectivity index (χ3v) is 4.71. The van der Waals surface area contributed by atoms with Gasteiger partial charge in [0.1, 0.15) is 6.17 Å². The van der Waals surface area contributed by atoms with Gasteiger partial charge in [-0.3, -0.25) is 9.80 Å². The molecule has 3 rings (SSSR count). The molecule has 2 aromatic heterocycles. The molecule has 2 aromatic rings. The van der Waals surface area contributed by atoms with Crippen LogP contribution in [0.5, 0.6) is 0 Å². The Morgan fingerprint density at radius 1 is 1.28 bits per heavy atom. The lowest BCUT2D eigenvalue weighted by Crippen LogP contribution is -2.39. The van der Waals surface area contributed by atoms with E-state index < -0.39 is 6.17 Å². The molecule has 1 aliphatic rings. The van der Waals surface area contributed by atoms with Crippen molar-refractivity contribution in [2.24, 2.45) is 0 Å². The first kappa shape index (κ1) is 17.9. The van der Waals surface area contributed by atoms with Crippen LogP contribution in [0.15, 0.2) is 9.05 Å². The molecule has 1 saturated heterocycles. The Bertz CT molecular complexity index is 690. The van der Waals surface area contributed by atoms with Gasteiger partial charge in [0, 0.05) is 32.5 Å². The molecule has 0 spiro atoms. The average molecular weight is 352 g/mol. The van der Waals surface area contributed by atoms with Crippen molar-refractivity contribution in [3.63, 3.8) is 0 Å². The lowest BCUT2D eigenvalue weighted by molar-refractivity contribution is 0.141. The fourth-order valence-electron chi connectivity index (χ4n) is 3.15. The SMILES string of the molecule is CCc1noc([C@@H](C)N(C)C[C@@H]2C[C@H](F)CN2Cc2noc(C)n2)n1. The summed E-state index contributed by atoms with van der Waals surface area (Å²) >= 11 is 0. The van der Waals surface area contributed by atoms with E-state index in [0.717, 1.165) is 6.42 Å². The zero-order valence-corrected chi connectivity index (χ0v) is 15.1. The molecule has 0 bridgehead atoms. The molecule has 3 heterocycles. The van der Waals surface area contributed by atoms with Gasteiger partial charge in [-0.25, -0.2) is 4.39 Å². The van der Waals surface area contributed by atoms with Crippen LogP contribution in [0.2, 0.25) is 0 Å². The van der Waals surface area contributed by atoms with Crippen LogP contribution in [0, 0.1) is 6.92 Å². The van der Waals surface area contributed by atoms with Gasteiger partial charge >= 0.3 is 0 Å². The van der Waals surface area contributed by atoms with Crippen molar-refractivity contribution in [1.82, 2.24) is 30.1 Å². The molecule has 0 N–H and O–H groups in total. The summed E-state index contributed by atoms with van der Waals surface area (Å²) in [4.78, 5) is 12.8. The van der Waals surface area contributed by atoms with Gasteiger partial charge in [0.05, 0.1) is 12.6 Å². The number of aromatic nitrogens is 4. The van der Waals surface area contributed by atoms with Crippen LogP contribution in [0.25, 0.3) is 0 Å². The highest BCUT2D eigenvalue weighted by Crippen LogP contribution is 2.25. The number of alkyl halides is 1. The highest BCUT2D eigenvalue weighted by molar-refractivity contribution is 4.95. The minimum absolute atomic E-state index is 0.0271. The van der Waals surface area contributed by atoms with Crippen molar-refractivity contribution in [3.8, 4) is 0 Å². The van der Waals surface area contributed by atoms with Crippen molar-refractivity contribution in [2.75, 3.05) is 20.1 Å². The van der Waals surface area contributed by atoms with Gasteiger partial charge in [-0.15, -0.1) is 0 Å². The second-order valence-corrected chi connectivity index (χ2v) is 6.66. The summed E-state index contributed by atoms with van der Waals surface area (Å²) < 4.78 is 24.3. The standard InChI is InChI=1S/C16H25FN6O2/c1-5-14-19-16(25-20-14)10(2)22(4)8-13-6-12(17)7-23(13)9-15-18-11(3)24-21-15/h10,12-13H,5-9H2,1-4H3/t10-,12+,13+/m1/s1. The van der Waals surface area contributed by atoms with Crippen LogP contribution in [0.1, 0.15) is 49.7 Å². The number of likely N-dealkylation sites (N-methyl/N-ethyl adjacent to an activating group) is 1. The smallest absolute Gasteiger partial charge is 0.243 e. The fraction of sp³-hybridized carbons (Fsp3) is 0.750. The summed E-state index contributed by atoms with van der Waals surface area (Å²) in [6.45, 7) is 7.33. The summed E-state index contributed by atoms with van der Waals surface area (Å²) in [5.74, 6) is 2.41. The van der Waals surface area contributed by atoms with Crippen molar-refractivity contribution in [2.45, 2.75) is 58.4 Å². The van der Waals surface area contributed by atoms with Crippen LogP contribution >= 0.6 is 0 Å². The molecule has 9 heteroatoms. The first-order valence-electron chi connectivity index (χ1n) is 8.66. The van der Waals surface area contributed by atoms with Gasteiger partial charge in [-0.2, -0.15) is 9.97 Å². The molecule has 138 valence electrons. The van der Waals surface area contributed by atoms with Gasteiger partial charge in [-0.1, -0.05) is 17.2 Å². The Labute approximate surface area is 146 Å². The summed E-state index contributed by atoms with van der Waals surface area (Å²) in [6.07, 6.45) is 0.402. The Balaban J connectivity index is 1.62. The zero-order valence-electron chi connectivity index (χ0n) is 15.1. The van der Waals surface area contributed by atoms with E-state index in [1.807, 2.05) is 20.9 Å². The van der Waals surface area contributed by atoms with E-state index in [9.17, 15) is 4.39 Å². The molecule has 1 fully saturated rings. The normalized spacial score (nSPS) is 22.8. The van der Waals surface area contributed by atoms with Crippen molar-refractivity contribution >= 4 is 0 Å². The van der Waals surface area contributed by atoms with E-state index in [-0.39, 0.29) is 12.1 Å². The van der Waals surface area contributed by atoms with Crippen LogP contribution in [0.3, 0.4) is 0 Å².